The van der Waals surface area contributed by atoms with E-state index in [1.807, 2.05) is 26.8 Å². The summed E-state index contributed by atoms with van der Waals surface area (Å²) in [6.07, 6.45) is 0. The highest BCUT2D eigenvalue weighted by Crippen LogP contribution is 2.44. The summed E-state index contributed by atoms with van der Waals surface area (Å²) in [5.41, 5.74) is 1.31. The maximum atomic E-state index is 10.2. The lowest BCUT2D eigenvalue weighted by atomic mass is 9.80. The first-order valence-electron chi connectivity index (χ1n) is 6.17. The molecule has 0 aliphatic rings. The summed E-state index contributed by atoms with van der Waals surface area (Å²) in [4.78, 5) is 18.0. The van der Waals surface area contributed by atoms with Gasteiger partial charge >= 0.3 is 8.60 Å². The Bertz CT molecular complexity index is 456. The minimum atomic E-state index is -2.55. The summed E-state index contributed by atoms with van der Waals surface area (Å²) < 4.78 is 4.94. The zero-order chi connectivity index (χ0) is 15.0. The molecule has 108 valence electrons. The van der Waals surface area contributed by atoms with Crippen LogP contribution in [0.4, 0.5) is 0 Å². The molecule has 3 N–H and O–H groups in total. The molecule has 19 heavy (non-hydrogen) atoms. The standard InChI is InChI=1S/C14H23O4P/c1-13(2,3)9-7-10(14(4,5)6)12(15)11(8-9)18-19(16)17/h7-8,15-17H,1-6H3. The lowest BCUT2D eigenvalue weighted by molar-refractivity contribution is 0.355. The third-order valence-electron chi connectivity index (χ3n) is 2.93. The van der Waals surface area contributed by atoms with E-state index in [1.54, 1.807) is 6.07 Å². The minimum Gasteiger partial charge on any atom is -0.504 e. The van der Waals surface area contributed by atoms with Crippen molar-refractivity contribution in [3.05, 3.63) is 23.3 Å². The Hall–Kier alpha value is -0.830. The van der Waals surface area contributed by atoms with Gasteiger partial charge in [-0.05, 0) is 22.5 Å². The second-order valence-corrected chi connectivity index (χ2v) is 7.40. The molecule has 0 spiro atoms. The molecular formula is C14H23O4P. The predicted octanol–water partition coefficient (Wildman–Crippen LogP) is 3.58. The summed E-state index contributed by atoms with van der Waals surface area (Å²) in [5, 5.41) is 10.2. The monoisotopic (exact) mass is 286 g/mol. The van der Waals surface area contributed by atoms with Gasteiger partial charge in [-0.25, -0.2) is 0 Å². The molecule has 1 aromatic carbocycles. The lowest BCUT2D eigenvalue weighted by Crippen LogP contribution is -2.16. The second-order valence-electron chi connectivity index (χ2n) is 6.71. The zero-order valence-corrected chi connectivity index (χ0v) is 13.2. The first-order chi connectivity index (χ1) is 8.43. The summed E-state index contributed by atoms with van der Waals surface area (Å²) in [7, 11) is -2.55. The highest BCUT2D eigenvalue weighted by atomic mass is 31.2. The number of phenolic OH excluding ortho intramolecular Hbond substituents is 1. The average molecular weight is 286 g/mol. The molecule has 0 saturated carbocycles. The van der Waals surface area contributed by atoms with Crippen LogP contribution in [0.5, 0.6) is 11.5 Å². The van der Waals surface area contributed by atoms with Crippen LogP contribution in [0.25, 0.3) is 0 Å². The fourth-order valence-corrected chi connectivity index (χ4v) is 2.09. The molecule has 5 heteroatoms. The van der Waals surface area contributed by atoms with Crippen LogP contribution < -0.4 is 4.52 Å². The molecule has 1 rings (SSSR count). The van der Waals surface area contributed by atoms with E-state index in [2.05, 4.69) is 20.8 Å². The number of hydrogen-bond donors (Lipinski definition) is 3. The first kappa shape index (κ1) is 16.2. The van der Waals surface area contributed by atoms with Gasteiger partial charge in [0.2, 0.25) is 0 Å². The molecule has 0 bridgehead atoms. The van der Waals surface area contributed by atoms with Gasteiger partial charge < -0.3 is 19.4 Å². The van der Waals surface area contributed by atoms with Crippen molar-refractivity contribution in [2.75, 3.05) is 0 Å². The van der Waals surface area contributed by atoms with Crippen LogP contribution >= 0.6 is 8.60 Å². The zero-order valence-electron chi connectivity index (χ0n) is 12.4. The Morgan fingerprint density at radius 3 is 1.84 bits per heavy atom. The molecule has 0 radical (unpaired) electrons. The van der Waals surface area contributed by atoms with E-state index in [0.29, 0.717) is 0 Å². The van der Waals surface area contributed by atoms with E-state index in [0.717, 1.165) is 11.1 Å². The highest BCUT2D eigenvalue weighted by molar-refractivity contribution is 7.39. The maximum absolute atomic E-state index is 10.2. The number of hydrogen-bond acceptors (Lipinski definition) is 4. The fourth-order valence-electron chi connectivity index (χ4n) is 1.77. The number of benzene rings is 1. The van der Waals surface area contributed by atoms with Gasteiger partial charge in [-0.2, -0.15) is 0 Å². The van der Waals surface area contributed by atoms with Gasteiger partial charge in [-0.1, -0.05) is 47.6 Å². The first-order valence-corrected chi connectivity index (χ1v) is 7.33. The molecule has 0 aliphatic carbocycles. The van der Waals surface area contributed by atoms with Gasteiger partial charge in [0.15, 0.2) is 11.5 Å². The summed E-state index contributed by atoms with van der Waals surface area (Å²) >= 11 is 0. The van der Waals surface area contributed by atoms with Crippen molar-refractivity contribution < 1.29 is 19.4 Å². The molecule has 1 aromatic rings. The van der Waals surface area contributed by atoms with Gasteiger partial charge in [0.05, 0.1) is 0 Å². The Kier molecular flexibility index (Phi) is 4.51. The van der Waals surface area contributed by atoms with Crippen LogP contribution in [0.1, 0.15) is 52.7 Å². The van der Waals surface area contributed by atoms with E-state index in [9.17, 15) is 5.11 Å². The van der Waals surface area contributed by atoms with Crippen LogP contribution in [0.15, 0.2) is 12.1 Å². The van der Waals surface area contributed by atoms with Gasteiger partial charge in [0.25, 0.3) is 0 Å². The number of phenols is 1. The molecule has 0 atom stereocenters. The van der Waals surface area contributed by atoms with Crippen molar-refractivity contribution in [2.24, 2.45) is 0 Å². The summed E-state index contributed by atoms with van der Waals surface area (Å²) in [6.45, 7) is 12.1. The number of rotatable bonds is 2. The Labute approximate surface area is 116 Å². The summed E-state index contributed by atoms with van der Waals surface area (Å²) in [5.74, 6) is 0.0876. The Morgan fingerprint density at radius 2 is 1.47 bits per heavy atom. The smallest absolute Gasteiger partial charge is 0.391 e. The molecule has 0 amide bonds. The Morgan fingerprint density at radius 1 is 0.947 bits per heavy atom. The minimum absolute atomic E-state index is 0.0314. The Balaban J connectivity index is 3.48. The largest absolute Gasteiger partial charge is 0.504 e. The second kappa shape index (κ2) is 5.28. The highest BCUT2D eigenvalue weighted by Gasteiger charge is 2.26. The molecule has 0 fully saturated rings. The summed E-state index contributed by atoms with van der Waals surface area (Å²) in [6, 6.07) is 3.60. The van der Waals surface area contributed by atoms with Crippen molar-refractivity contribution in [1.29, 1.82) is 0 Å². The lowest BCUT2D eigenvalue weighted by Gasteiger charge is -2.27. The maximum Gasteiger partial charge on any atom is 0.391 e. The van der Waals surface area contributed by atoms with Crippen LogP contribution in [0.2, 0.25) is 0 Å². The normalized spacial score (nSPS) is 12.9. The van der Waals surface area contributed by atoms with E-state index in [1.165, 1.54) is 0 Å². The van der Waals surface area contributed by atoms with Gasteiger partial charge in [-0.15, -0.1) is 0 Å². The van der Waals surface area contributed by atoms with Crippen molar-refractivity contribution in [3.63, 3.8) is 0 Å². The quantitative estimate of drug-likeness (QED) is 0.727. The van der Waals surface area contributed by atoms with Crippen molar-refractivity contribution in [3.8, 4) is 11.5 Å². The van der Waals surface area contributed by atoms with Gasteiger partial charge in [0, 0.05) is 5.56 Å². The molecule has 4 nitrogen and oxygen atoms in total. The van der Waals surface area contributed by atoms with Crippen LogP contribution in [-0.2, 0) is 10.8 Å². The SMILES string of the molecule is CC(C)(C)c1cc(OP(O)O)c(O)c(C(C)(C)C)c1. The average Bonchev–Trinajstić information content (AvgIpc) is 2.16. The fraction of sp³-hybridized carbons (Fsp3) is 0.571. The van der Waals surface area contributed by atoms with E-state index >= 15 is 0 Å². The molecule has 0 aromatic heterocycles. The molecular weight excluding hydrogens is 263 g/mol. The van der Waals surface area contributed by atoms with E-state index in [-0.39, 0.29) is 22.3 Å². The van der Waals surface area contributed by atoms with Crippen LogP contribution in [-0.4, -0.2) is 14.9 Å². The predicted molar refractivity (Wildman–Crippen MR) is 77.5 cm³/mol. The molecule has 0 aliphatic heterocycles. The molecule has 0 saturated heterocycles. The van der Waals surface area contributed by atoms with Gasteiger partial charge in [-0.3, -0.25) is 0 Å². The molecule has 0 heterocycles. The van der Waals surface area contributed by atoms with Gasteiger partial charge in [0.1, 0.15) is 0 Å². The number of aromatic hydroxyl groups is 1. The third-order valence-corrected chi connectivity index (χ3v) is 3.29. The van der Waals surface area contributed by atoms with E-state index < -0.39 is 8.60 Å². The molecule has 0 unspecified atom stereocenters. The third kappa shape index (κ3) is 4.07. The van der Waals surface area contributed by atoms with Crippen molar-refractivity contribution in [2.45, 2.75) is 52.4 Å². The van der Waals surface area contributed by atoms with Crippen molar-refractivity contribution in [1.82, 2.24) is 0 Å². The van der Waals surface area contributed by atoms with Crippen molar-refractivity contribution >= 4 is 8.60 Å². The topological polar surface area (TPSA) is 69.9 Å². The van der Waals surface area contributed by atoms with E-state index in [4.69, 9.17) is 14.3 Å². The van der Waals surface area contributed by atoms with Crippen LogP contribution in [0.3, 0.4) is 0 Å². The van der Waals surface area contributed by atoms with Crippen LogP contribution in [0, 0.1) is 0 Å².